The van der Waals surface area contributed by atoms with Gasteiger partial charge in [-0.3, -0.25) is 0 Å². The number of aliphatic hydroxyl groups is 1. The molecule has 3 N–H and O–H groups in total. The number of nitrogens with two attached hydrogens (primary N) is 1. The van der Waals surface area contributed by atoms with Crippen LogP contribution in [0.4, 0.5) is 27.6 Å². The van der Waals surface area contributed by atoms with Crippen LogP contribution in [0.1, 0.15) is 81.8 Å². The molecule has 0 amide bonds. The molecule has 6 unspecified atom stereocenters. The molecule has 0 saturated heterocycles. The summed E-state index contributed by atoms with van der Waals surface area (Å²) in [7, 11) is 0. The molecule has 0 heterocycles. The normalized spacial score (nSPS) is 34.7. The van der Waals surface area contributed by atoms with Crippen LogP contribution in [0, 0.1) is 23.2 Å². The van der Waals surface area contributed by atoms with Gasteiger partial charge < -0.3 is 10.8 Å². The molecule has 1 aromatic rings. The van der Waals surface area contributed by atoms with E-state index in [4.69, 9.17) is 5.73 Å². The second kappa shape index (κ2) is 8.44. The van der Waals surface area contributed by atoms with Gasteiger partial charge in [-0.1, -0.05) is 25.8 Å². The van der Waals surface area contributed by atoms with E-state index in [2.05, 4.69) is 13.0 Å². The lowest BCUT2D eigenvalue weighted by molar-refractivity contribution is -0.284. The van der Waals surface area contributed by atoms with Crippen LogP contribution in [-0.4, -0.2) is 23.3 Å². The lowest BCUT2D eigenvalue weighted by atomic mass is 9.52. The van der Waals surface area contributed by atoms with Crippen molar-refractivity contribution in [3.8, 4) is 0 Å². The Morgan fingerprint density at radius 1 is 1.06 bits per heavy atom. The third kappa shape index (κ3) is 4.14. The van der Waals surface area contributed by atoms with Crippen LogP contribution in [0.5, 0.6) is 0 Å². The number of halogens is 5. The predicted molar refractivity (Wildman–Crippen MR) is 114 cm³/mol. The molecule has 0 bridgehead atoms. The maximum Gasteiger partial charge on any atom is 0.453 e. The molecule has 32 heavy (non-hydrogen) atoms. The third-order valence-electron chi connectivity index (χ3n) is 8.86. The van der Waals surface area contributed by atoms with Gasteiger partial charge in [-0.15, -0.1) is 0 Å². The molecule has 7 heteroatoms. The summed E-state index contributed by atoms with van der Waals surface area (Å²) in [6, 6.07) is 6.14. The molecule has 0 spiro atoms. The third-order valence-corrected chi connectivity index (χ3v) is 8.86. The van der Waals surface area contributed by atoms with Crippen molar-refractivity contribution in [1.82, 2.24) is 0 Å². The Bertz CT molecular complexity index is 825. The van der Waals surface area contributed by atoms with E-state index >= 15 is 0 Å². The van der Waals surface area contributed by atoms with Crippen LogP contribution in [0.25, 0.3) is 0 Å². The number of anilines is 1. The van der Waals surface area contributed by atoms with E-state index in [9.17, 15) is 27.1 Å². The minimum atomic E-state index is -5.47. The highest BCUT2D eigenvalue weighted by molar-refractivity contribution is 5.48. The Hall–Kier alpha value is -1.37. The molecule has 3 aliphatic carbocycles. The Labute approximate surface area is 186 Å². The SMILES string of the molecule is CC12CCC3c4ccc(N)cc4CC(CCCCCC(F)(F)C(F)(F)F)C3C1CCC2O. The first-order valence-corrected chi connectivity index (χ1v) is 11.9. The van der Waals surface area contributed by atoms with Crippen molar-refractivity contribution in [2.24, 2.45) is 23.2 Å². The van der Waals surface area contributed by atoms with E-state index in [0.29, 0.717) is 36.5 Å². The highest BCUT2D eigenvalue weighted by atomic mass is 19.4. The summed E-state index contributed by atoms with van der Waals surface area (Å²) in [4.78, 5) is 0. The number of benzene rings is 1. The van der Waals surface area contributed by atoms with E-state index in [-0.39, 0.29) is 17.9 Å². The van der Waals surface area contributed by atoms with Gasteiger partial charge in [0, 0.05) is 12.1 Å². The summed E-state index contributed by atoms with van der Waals surface area (Å²) in [6.45, 7) is 2.21. The smallest absolute Gasteiger partial charge is 0.399 e. The molecule has 3 aliphatic rings. The number of unbranched alkanes of at least 4 members (excludes halogenated alkanes) is 2. The summed E-state index contributed by atoms with van der Waals surface area (Å²) in [6.07, 6.45) is -0.512. The number of fused-ring (bicyclic) bond motifs is 5. The Kier molecular flexibility index (Phi) is 6.27. The summed E-state index contributed by atoms with van der Waals surface area (Å²) < 4.78 is 63.6. The maximum absolute atomic E-state index is 13.2. The fourth-order valence-electron chi connectivity index (χ4n) is 7.14. The van der Waals surface area contributed by atoms with Crippen LogP contribution in [0.15, 0.2) is 18.2 Å². The monoisotopic (exact) mass is 459 g/mol. The zero-order valence-electron chi connectivity index (χ0n) is 18.6. The van der Waals surface area contributed by atoms with E-state index in [1.54, 1.807) is 0 Å². The average Bonchev–Trinajstić information content (AvgIpc) is 3.01. The quantitative estimate of drug-likeness (QED) is 0.277. The van der Waals surface area contributed by atoms with Gasteiger partial charge in [-0.25, -0.2) is 0 Å². The molecule has 180 valence electrons. The van der Waals surface area contributed by atoms with Crippen molar-refractivity contribution in [3.05, 3.63) is 29.3 Å². The zero-order valence-corrected chi connectivity index (χ0v) is 18.6. The Morgan fingerprint density at radius 3 is 2.53 bits per heavy atom. The molecule has 2 nitrogen and oxygen atoms in total. The van der Waals surface area contributed by atoms with Crippen LogP contribution >= 0.6 is 0 Å². The van der Waals surface area contributed by atoms with Crippen LogP contribution in [0.3, 0.4) is 0 Å². The van der Waals surface area contributed by atoms with Crippen molar-refractivity contribution in [3.63, 3.8) is 0 Å². The number of alkyl halides is 5. The van der Waals surface area contributed by atoms with Crippen molar-refractivity contribution in [2.75, 3.05) is 5.73 Å². The van der Waals surface area contributed by atoms with Gasteiger partial charge in [0.1, 0.15) is 0 Å². The molecule has 0 aromatic heterocycles. The van der Waals surface area contributed by atoms with Crippen LogP contribution in [0.2, 0.25) is 0 Å². The summed E-state index contributed by atoms with van der Waals surface area (Å²) in [5.41, 5.74) is 9.29. The average molecular weight is 460 g/mol. The molecule has 6 atom stereocenters. The molecule has 2 saturated carbocycles. The highest BCUT2D eigenvalue weighted by Crippen LogP contribution is 2.62. The van der Waals surface area contributed by atoms with E-state index in [0.717, 1.165) is 44.2 Å². The number of hydrogen-bond acceptors (Lipinski definition) is 2. The van der Waals surface area contributed by atoms with Crippen molar-refractivity contribution < 1.29 is 27.1 Å². The van der Waals surface area contributed by atoms with Crippen LogP contribution in [-0.2, 0) is 6.42 Å². The highest BCUT2D eigenvalue weighted by Gasteiger charge is 2.57. The van der Waals surface area contributed by atoms with E-state index in [1.165, 1.54) is 11.1 Å². The maximum atomic E-state index is 13.2. The van der Waals surface area contributed by atoms with Gasteiger partial charge in [-0.2, -0.15) is 22.0 Å². The zero-order chi connectivity index (χ0) is 23.3. The minimum absolute atomic E-state index is 0.0838. The second-order valence-corrected chi connectivity index (χ2v) is 10.7. The molecule has 0 radical (unpaired) electrons. The Balaban J connectivity index is 1.47. The van der Waals surface area contributed by atoms with Crippen molar-refractivity contribution >= 4 is 5.69 Å². The fourth-order valence-corrected chi connectivity index (χ4v) is 7.14. The lowest BCUT2D eigenvalue weighted by Gasteiger charge is -2.53. The summed E-state index contributed by atoms with van der Waals surface area (Å²) in [5, 5.41) is 10.7. The number of nitrogen functional groups attached to an aromatic ring is 1. The lowest BCUT2D eigenvalue weighted by Crippen LogP contribution is -2.47. The van der Waals surface area contributed by atoms with E-state index in [1.807, 2.05) is 12.1 Å². The van der Waals surface area contributed by atoms with Crippen molar-refractivity contribution in [2.45, 2.75) is 95.3 Å². The first-order valence-electron chi connectivity index (χ1n) is 11.9. The molecule has 4 rings (SSSR count). The Morgan fingerprint density at radius 2 is 1.81 bits per heavy atom. The number of aliphatic hydroxyl groups excluding tert-OH is 1. The van der Waals surface area contributed by atoms with Gasteiger partial charge in [0.25, 0.3) is 0 Å². The summed E-state index contributed by atoms with van der Waals surface area (Å²) >= 11 is 0. The van der Waals surface area contributed by atoms with Crippen LogP contribution < -0.4 is 5.73 Å². The number of hydrogen-bond donors (Lipinski definition) is 2. The number of rotatable bonds is 6. The first kappa shape index (κ1) is 23.8. The standard InChI is InChI=1S/C25H34F5NO/c1-23-12-10-19-18-7-6-17(31)14-16(18)13-15(22(19)20(23)8-9-21(23)32)5-3-2-4-11-24(26,27)25(28,29)30/h6-7,14-15,19-22,32H,2-5,8-13,31H2,1H3. The van der Waals surface area contributed by atoms with E-state index < -0.39 is 18.5 Å². The molecule has 1 aromatic carbocycles. The van der Waals surface area contributed by atoms with Gasteiger partial charge in [0.05, 0.1) is 6.10 Å². The minimum Gasteiger partial charge on any atom is -0.399 e. The second-order valence-electron chi connectivity index (χ2n) is 10.7. The summed E-state index contributed by atoms with van der Waals surface area (Å²) in [5.74, 6) is -3.03. The van der Waals surface area contributed by atoms with Gasteiger partial charge >= 0.3 is 12.1 Å². The largest absolute Gasteiger partial charge is 0.453 e. The molecule has 0 aliphatic heterocycles. The molecular formula is C25H34F5NO. The topological polar surface area (TPSA) is 46.2 Å². The first-order chi connectivity index (χ1) is 14.9. The van der Waals surface area contributed by atoms with Crippen molar-refractivity contribution in [1.29, 1.82) is 0 Å². The predicted octanol–water partition coefficient (Wildman–Crippen LogP) is 6.86. The van der Waals surface area contributed by atoms with Gasteiger partial charge in [0.15, 0.2) is 0 Å². The molecular weight excluding hydrogens is 425 g/mol. The van der Waals surface area contributed by atoms with Gasteiger partial charge in [0.2, 0.25) is 0 Å². The fraction of sp³-hybridized carbons (Fsp3) is 0.760. The van der Waals surface area contributed by atoms with Gasteiger partial charge in [-0.05, 0) is 97.3 Å². The molecule has 2 fully saturated rings.